The number of amides is 1. The molecular formula is C11H21NO5S. The van der Waals surface area contributed by atoms with E-state index >= 15 is 0 Å². The molecule has 0 aromatic heterocycles. The second-order valence-electron chi connectivity index (χ2n) is 4.16. The van der Waals surface area contributed by atoms with E-state index in [0.717, 1.165) is 0 Å². The maximum Gasteiger partial charge on any atom is 0.327 e. The lowest BCUT2D eigenvalue weighted by molar-refractivity contribution is -0.140. The number of aliphatic carboxylic acids is 1. The Hall–Kier alpha value is -0.790. The lowest BCUT2D eigenvalue weighted by atomic mass is 10.3. The third-order valence-corrected chi connectivity index (χ3v) is 3.08. The highest BCUT2D eigenvalue weighted by atomic mass is 32.2. The van der Waals surface area contributed by atoms with E-state index in [1.165, 1.54) is 18.7 Å². The molecule has 6 nitrogen and oxygen atoms in total. The molecule has 1 unspecified atom stereocenters. The zero-order valence-electron chi connectivity index (χ0n) is 10.9. The van der Waals surface area contributed by atoms with Crippen molar-refractivity contribution >= 4 is 23.6 Å². The summed E-state index contributed by atoms with van der Waals surface area (Å²) in [6.45, 7) is 5.24. The van der Waals surface area contributed by atoms with Gasteiger partial charge in [0.15, 0.2) is 0 Å². The number of carbonyl (C=O) groups is 2. The lowest BCUT2D eigenvalue weighted by Gasteiger charge is -2.15. The summed E-state index contributed by atoms with van der Waals surface area (Å²) in [6, 6.07) is -0.925. The van der Waals surface area contributed by atoms with Crippen LogP contribution in [-0.2, 0) is 14.3 Å². The Morgan fingerprint density at radius 3 is 2.39 bits per heavy atom. The van der Waals surface area contributed by atoms with Crippen molar-refractivity contribution in [1.29, 1.82) is 0 Å². The Balaban J connectivity index is 3.84. The number of ether oxygens (including phenoxy) is 1. The summed E-state index contributed by atoms with van der Waals surface area (Å²) in [5.41, 5.74) is 0. The minimum atomic E-state index is -1.08. The van der Waals surface area contributed by atoms with E-state index in [9.17, 15) is 14.7 Å². The van der Waals surface area contributed by atoms with E-state index in [0.29, 0.717) is 5.75 Å². The van der Waals surface area contributed by atoms with Crippen LogP contribution in [0.25, 0.3) is 0 Å². The fourth-order valence-corrected chi connectivity index (χ4v) is 2.06. The number of hydrogen-bond acceptors (Lipinski definition) is 5. The summed E-state index contributed by atoms with van der Waals surface area (Å²) >= 11 is 1.27. The summed E-state index contributed by atoms with van der Waals surface area (Å²) in [7, 11) is 0. The molecule has 0 aromatic rings. The van der Waals surface area contributed by atoms with E-state index in [1.54, 1.807) is 0 Å². The molecule has 0 aliphatic carbocycles. The first-order valence-corrected chi connectivity index (χ1v) is 6.85. The summed E-state index contributed by atoms with van der Waals surface area (Å²) < 4.78 is 5.22. The molecule has 0 aromatic carbocycles. The van der Waals surface area contributed by atoms with Crippen LogP contribution in [0.1, 0.15) is 20.8 Å². The Labute approximate surface area is 111 Å². The molecule has 2 atom stereocenters. The summed E-state index contributed by atoms with van der Waals surface area (Å²) in [4.78, 5) is 21.6. The molecule has 0 spiro atoms. The second kappa shape index (κ2) is 9.18. The molecule has 18 heavy (non-hydrogen) atoms. The van der Waals surface area contributed by atoms with Crippen LogP contribution in [0.5, 0.6) is 0 Å². The van der Waals surface area contributed by atoms with Crippen LogP contribution >= 0.6 is 11.8 Å². The van der Waals surface area contributed by atoms with Crippen LogP contribution in [0.15, 0.2) is 0 Å². The Morgan fingerprint density at radius 2 is 1.94 bits per heavy atom. The van der Waals surface area contributed by atoms with Gasteiger partial charge >= 0.3 is 5.97 Å². The highest BCUT2D eigenvalue weighted by Gasteiger charge is 2.18. The smallest absolute Gasteiger partial charge is 0.327 e. The van der Waals surface area contributed by atoms with Crippen molar-refractivity contribution in [2.75, 3.05) is 18.1 Å². The predicted molar refractivity (Wildman–Crippen MR) is 69.7 cm³/mol. The summed E-state index contributed by atoms with van der Waals surface area (Å²) in [6.07, 6.45) is -0.583. The number of aliphatic hydroxyl groups excluding tert-OH is 1. The van der Waals surface area contributed by atoms with Crippen LogP contribution in [0, 0.1) is 0 Å². The minimum absolute atomic E-state index is 0.0517. The lowest BCUT2D eigenvalue weighted by Crippen LogP contribution is -2.41. The number of hydrogen-bond donors (Lipinski definition) is 3. The van der Waals surface area contributed by atoms with Gasteiger partial charge in [-0.1, -0.05) is 0 Å². The summed E-state index contributed by atoms with van der Waals surface area (Å²) in [5.74, 6) is -0.874. The van der Waals surface area contributed by atoms with E-state index in [4.69, 9.17) is 9.84 Å². The average molecular weight is 279 g/mol. The van der Waals surface area contributed by atoms with Gasteiger partial charge < -0.3 is 20.3 Å². The van der Waals surface area contributed by atoms with Crippen molar-refractivity contribution in [3.63, 3.8) is 0 Å². The zero-order valence-corrected chi connectivity index (χ0v) is 11.7. The predicted octanol–water partition coefficient (Wildman–Crippen LogP) is 0.0948. The zero-order chi connectivity index (χ0) is 14.1. The third kappa shape index (κ3) is 9.26. The highest BCUT2D eigenvalue weighted by Crippen LogP contribution is 2.07. The molecule has 0 bridgehead atoms. The van der Waals surface area contributed by atoms with Crippen molar-refractivity contribution in [3.8, 4) is 0 Å². The van der Waals surface area contributed by atoms with Gasteiger partial charge in [0.05, 0.1) is 18.8 Å². The van der Waals surface area contributed by atoms with Crippen molar-refractivity contribution in [2.24, 2.45) is 0 Å². The number of rotatable bonds is 9. The molecule has 0 saturated carbocycles. The van der Waals surface area contributed by atoms with Crippen LogP contribution in [0.2, 0.25) is 0 Å². The highest BCUT2D eigenvalue weighted by molar-refractivity contribution is 7.99. The second-order valence-corrected chi connectivity index (χ2v) is 5.24. The van der Waals surface area contributed by atoms with E-state index in [-0.39, 0.29) is 24.4 Å². The van der Waals surface area contributed by atoms with Gasteiger partial charge in [0.1, 0.15) is 6.04 Å². The normalized spacial score (nSPS) is 14.3. The topological polar surface area (TPSA) is 95.9 Å². The number of carboxylic acids is 1. The van der Waals surface area contributed by atoms with Gasteiger partial charge in [0.2, 0.25) is 5.91 Å². The van der Waals surface area contributed by atoms with Gasteiger partial charge in [-0.25, -0.2) is 4.79 Å². The average Bonchev–Trinajstić information content (AvgIpc) is 2.24. The van der Waals surface area contributed by atoms with Gasteiger partial charge in [-0.05, 0) is 13.8 Å². The maximum absolute atomic E-state index is 10.8. The van der Waals surface area contributed by atoms with Gasteiger partial charge in [-0.15, -0.1) is 0 Å². The van der Waals surface area contributed by atoms with Crippen LogP contribution < -0.4 is 5.32 Å². The van der Waals surface area contributed by atoms with Crippen molar-refractivity contribution in [3.05, 3.63) is 0 Å². The molecule has 0 heterocycles. The van der Waals surface area contributed by atoms with E-state index in [1.807, 2.05) is 13.8 Å². The number of carbonyl (C=O) groups excluding carboxylic acids is 1. The van der Waals surface area contributed by atoms with Crippen LogP contribution in [0.3, 0.4) is 0 Å². The molecule has 0 saturated heterocycles. The molecule has 0 aliphatic heterocycles. The molecule has 0 fully saturated rings. The molecule has 0 radical (unpaired) electrons. The van der Waals surface area contributed by atoms with Crippen LogP contribution in [-0.4, -0.2) is 58.5 Å². The maximum atomic E-state index is 10.8. The Kier molecular flexibility index (Phi) is 8.78. The molecule has 7 heteroatoms. The minimum Gasteiger partial charge on any atom is -0.480 e. The molecule has 1 amide bonds. The Morgan fingerprint density at radius 1 is 1.33 bits per heavy atom. The number of carboxylic acid groups (broad SMARTS) is 1. The first-order valence-electron chi connectivity index (χ1n) is 5.70. The van der Waals surface area contributed by atoms with Gasteiger partial charge in [-0.2, -0.15) is 11.8 Å². The van der Waals surface area contributed by atoms with Gasteiger partial charge in [0.25, 0.3) is 0 Å². The quantitative estimate of drug-likeness (QED) is 0.554. The molecular weight excluding hydrogens is 258 g/mol. The first kappa shape index (κ1) is 17.2. The third-order valence-electron chi connectivity index (χ3n) is 1.89. The van der Waals surface area contributed by atoms with Crippen LogP contribution in [0.4, 0.5) is 0 Å². The number of aliphatic hydroxyl groups is 1. The summed E-state index contributed by atoms with van der Waals surface area (Å²) in [5, 5.41) is 20.7. The molecule has 106 valence electrons. The Bertz CT molecular complexity index is 272. The standard InChI is InChI=1S/C11H21NO5S/c1-7(2)17-4-9(14)5-18-6-10(11(15)16)12-8(3)13/h7,9-10,14H,4-6H2,1-3H3,(H,12,13)(H,15,16)/t9?,10-/m0/s1. The van der Waals surface area contributed by atoms with Gasteiger partial charge in [-0.3, -0.25) is 4.79 Å². The number of nitrogens with one attached hydrogen (secondary N) is 1. The van der Waals surface area contributed by atoms with Crippen molar-refractivity contribution < 1.29 is 24.5 Å². The molecule has 0 rings (SSSR count). The molecule has 0 aliphatic rings. The van der Waals surface area contributed by atoms with Crippen molar-refractivity contribution in [1.82, 2.24) is 5.32 Å². The fourth-order valence-electron chi connectivity index (χ4n) is 1.09. The van der Waals surface area contributed by atoms with Crippen molar-refractivity contribution in [2.45, 2.75) is 39.0 Å². The fraction of sp³-hybridized carbons (Fsp3) is 0.818. The largest absolute Gasteiger partial charge is 0.480 e. The number of thioether (sulfide) groups is 1. The molecule has 3 N–H and O–H groups in total. The van der Waals surface area contributed by atoms with E-state index in [2.05, 4.69) is 5.32 Å². The SMILES string of the molecule is CC(=O)N[C@@H](CSCC(O)COC(C)C)C(=O)O. The monoisotopic (exact) mass is 279 g/mol. The first-order chi connectivity index (χ1) is 8.32. The van der Waals surface area contributed by atoms with Gasteiger partial charge in [0, 0.05) is 18.4 Å². The van der Waals surface area contributed by atoms with E-state index < -0.39 is 18.1 Å².